The molecule has 16 heavy (non-hydrogen) atoms. The van der Waals surface area contributed by atoms with Crippen LogP contribution in [-0.4, -0.2) is 30.0 Å². The number of aliphatic hydroxyl groups excluding tert-OH is 1. The molecule has 0 radical (unpaired) electrons. The van der Waals surface area contributed by atoms with Gasteiger partial charge in [-0.25, -0.2) is 0 Å². The third-order valence-corrected chi connectivity index (χ3v) is 3.53. The van der Waals surface area contributed by atoms with Crippen molar-refractivity contribution in [3.05, 3.63) is 0 Å². The van der Waals surface area contributed by atoms with Crippen molar-refractivity contribution in [2.24, 2.45) is 5.92 Å². The summed E-state index contributed by atoms with van der Waals surface area (Å²) < 4.78 is 36.4. The van der Waals surface area contributed by atoms with Crippen molar-refractivity contribution in [1.29, 1.82) is 0 Å². The minimum atomic E-state index is -4.22. The van der Waals surface area contributed by atoms with Gasteiger partial charge in [-0.1, -0.05) is 19.3 Å². The molecule has 1 aliphatic rings. The van der Waals surface area contributed by atoms with Gasteiger partial charge in [-0.2, -0.15) is 13.2 Å². The zero-order chi connectivity index (χ0) is 12.2. The Hall–Kier alpha value is -0.290. The first-order chi connectivity index (χ1) is 7.37. The van der Waals surface area contributed by atoms with E-state index in [0.717, 1.165) is 32.1 Å². The van der Waals surface area contributed by atoms with Gasteiger partial charge in [-0.15, -0.1) is 0 Å². The van der Waals surface area contributed by atoms with E-state index in [-0.39, 0.29) is 12.5 Å². The minimum absolute atomic E-state index is 0.147. The molecule has 1 atom stereocenters. The third-order valence-electron chi connectivity index (χ3n) is 3.53. The van der Waals surface area contributed by atoms with Crippen LogP contribution in [0.4, 0.5) is 13.2 Å². The number of aliphatic hydroxyl groups is 1. The van der Waals surface area contributed by atoms with Crippen LogP contribution in [0.25, 0.3) is 0 Å². The number of hydrogen-bond acceptors (Lipinski definition) is 2. The summed E-state index contributed by atoms with van der Waals surface area (Å²) in [6.45, 7) is 0.420. The Bertz CT molecular complexity index is 214. The molecule has 1 rings (SSSR count). The van der Waals surface area contributed by atoms with E-state index in [2.05, 4.69) is 5.32 Å². The molecular formula is C11H20F3NO. The highest BCUT2D eigenvalue weighted by Gasteiger charge is 2.37. The topological polar surface area (TPSA) is 32.3 Å². The fraction of sp³-hybridized carbons (Fsp3) is 1.00. The van der Waals surface area contributed by atoms with E-state index in [1.165, 1.54) is 0 Å². The number of alkyl halides is 3. The van der Waals surface area contributed by atoms with E-state index < -0.39 is 18.3 Å². The molecular weight excluding hydrogens is 219 g/mol. The van der Waals surface area contributed by atoms with E-state index in [4.69, 9.17) is 0 Å². The molecule has 0 bridgehead atoms. The molecule has 2 nitrogen and oxygen atoms in total. The first kappa shape index (κ1) is 13.8. The van der Waals surface area contributed by atoms with Crippen LogP contribution in [0.3, 0.4) is 0 Å². The van der Waals surface area contributed by atoms with E-state index in [0.29, 0.717) is 0 Å². The van der Waals surface area contributed by atoms with E-state index in [9.17, 15) is 18.3 Å². The summed E-state index contributed by atoms with van der Waals surface area (Å²) in [5.74, 6) is 0.147. The summed E-state index contributed by atoms with van der Waals surface area (Å²) >= 11 is 0. The van der Waals surface area contributed by atoms with Gasteiger partial charge in [0, 0.05) is 5.54 Å². The van der Waals surface area contributed by atoms with Gasteiger partial charge in [0.25, 0.3) is 0 Å². The zero-order valence-electron chi connectivity index (χ0n) is 9.61. The lowest BCUT2D eigenvalue weighted by Crippen LogP contribution is -2.54. The maximum Gasteiger partial charge on any atom is 0.401 e. The van der Waals surface area contributed by atoms with Crippen LogP contribution in [0.2, 0.25) is 0 Å². The molecule has 1 aliphatic carbocycles. The number of hydrogen-bond donors (Lipinski definition) is 2. The van der Waals surface area contributed by atoms with Gasteiger partial charge in [-0.05, 0) is 25.7 Å². The largest absolute Gasteiger partial charge is 0.401 e. The molecule has 2 N–H and O–H groups in total. The van der Waals surface area contributed by atoms with Crippen molar-refractivity contribution in [3.8, 4) is 0 Å². The van der Waals surface area contributed by atoms with Crippen LogP contribution in [-0.2, 0) is 0 Å². The van der Waals surface area contributed by atoms with Gasteiger partial charge < -0.3 is 10.4 Å². The predicted octanol–water partition coefficient (Wildman–Crippen LogP) is 2.47. The molecule has 0 heterocycles. The summed E-state index contributed by atoms with van der Waals surface area (Å²) in [5.41, 5.74) is -0.796. The fourth-order valence-electron chi connectivity index (χ4n) is 2.37. The standard InChI is InChI=1S/C11H20F3NO/c1-10(8-16,15-7-11(12,13)14)9-5-3-2-4-6-9/h9,15-16H,2-8H2,1H3/t10-/m0/s1. The Labute approximate surface area is 94.2 Å². The average Bonchev–Trinajstić information content (AvgIpc) is 2.26. The summed E-state index contributed by atoms with van der Waals surface area (Å²) in [5, 5.41) is 11.8. The van der Waals surface area contributed by atoms with Crippen LogP contribution in [0, 0.1) is 5.92 Å². The maximum atomic E-state index is 12.1. The SMILES string of the molecule is C[C@@](CO)(NCC(F)(F)F)C1CCCCC1. The summed E-state index contributed by atoms with van der Waals surface area (Å²) in [6, 6.07) is 0. The lowest BCUT2D eigenvalue weighted by atomic mass is 9.76. The number of halogens is 3. The monoisotopic (exact) mass is 239 g/mol. The average molecular weight is 239 g/mol. The molecule has 0 aliphatic heterocycles. The molecule has 1 saturated carbocycles. The van der Waals surface area contributed by atoms with Crippen molar-refractivity contribution in [1.82, 2.24) is 5.32 Å². The summed E-state index contributed by atoms with van der Waals surface area (Å²) in [7, 11) is 0. The van der Waals surface area contributed by atoms with Gasteiger partial charge in [0.2, 0.25) is 0 Å². The van der Waals surface area contributed by atoms with Crippen molar-refractivity contribution < 1.29 is 18.3 Å². The van der Waals surface area contributed by atoms with Gasteiger partial charge in [0.1, 0.15) is 0 Å². The molecule has 96 valence electrons. The van der Waals surface area contributed by atoms with Gasteiger partial charge in [0.05, 0.1) is 13.2 Å². The molecule has 0 aromatic carbocycles. The van der Waals surface area contributed by atoms with Gasteiger partial charge >= 0.3 is 6.18 Å². The Morgan fingerprint density at radius 3 is 2.19 bits per heavy atom. The Morgan fingerprint density at radius 1 is 1.19 bits per heavy atom. The quantitative estimate of drug-likeness (QED) is 0.790. The van der Waals surface area contributed by atoms with Crippen LogP contribution < -0.4 is 5.32 Å². The van der Waals surface area contributed by atoms with Crippen LogP contribution in [0.15, 0.2) is 0 Å². The fourth-order valence-corrected chi connectivity index (χ4v) is 2.37. The third kappa shape index (κ3) is 3.94. The number of rotatable bonds is 4. The molecule has 0 amide bonds. The second-order valence-corrected chi connectivity index (χ2v) is 4.88. The highest BCUT2D eigenvalue weighted by Crippen LogP contribution is 2.32. The minimum Gasteiger partial charge on any atom is -0.394 e. The van der Waals surface area contributed by atoms with Crippen molar-refractivity contribution in [2.75, 3.05) is 13.2 Å². The van der Waals surface area contributed by atoms with E-state index >= 15 is 0 Å². The Balaban J connectivity index is 2.54. The lowest BCUT2D eigenvalue weighted by Gasteiger charge is -2.39. The van der Waals surface area contributed by atoms with Crippen molar-refractivity contribution in [2.45, 2.75) is 50.7 Å². The second kappa shape index (κ2) is 5.36. The molecule has 0 aromatic heterocycles. The maximum absolute atomic E-state index is 12.1. The van der Waals surface area contributed by atoms with Gasteiger partial charge in [0.15, 0.2) is 0 Å². The molecule has 0 unspecified atom stereocenters. The number of nitrogens with one attached hydrogen (secondary N) is 1. The smallest absolute Gasteiger partial charge is 0.394 e. The van der Waals surface area contributed by atoms with E-state index in [1.807, 2.05) is 0 Å². The highest BCUT2D eigenvalue weighted by molar-refractivity contribution is 4.91. The van der Waals surface area contributed by atoms with Crippen molar-refractivity contribution in [3.63, 3.8) is 0 Å². The van der Waals surface area contributed by atoms with E-state index in [1.54, 1.807) is 6.92 Å². The van der Waals surface area contributed by atoms with Gasteiger partial charge in [-0.3, -0.25) is 0 Å². The van der Waals surface area contributed by atoms with Crippen LogP contribution in [0.5, 0.6) is 0 Å². The molecule has 0 saturated heterocycles. The first-order valence-corrected chi connectivity index (χ1v) is 5.80. The Kier molecular flexibility index (Phi) is 4.62. The summed E-state index contributed by atoms with van der Waals surface area (Å²) in [4.78, 5) is 0. The second-order valence-electron chi connectivity index (χ2n) is 4.88. The summed E-state index contributed by atoms with van der Waals surface area (Å²) in [6.07, 6.45) is 0.841. The molecule has 0 aromatic rings. The Morgan fingerprint density at radius 2 is 1.75 bits per heavy atom. The molecule has 1 fully saturated rings. The normalized spacial score (nSPS) is 23.1. The highest BCUT2D eigenvalue weighted by atomic mass is 19.4. The predicted molar refractivity (Wildman–Crippen MR) is 56.1 cm³/mol. The van der Waals surface area contributed by atoms with Crippen molar-refractivity contribution >= 4 is 0 Å². The molecule has 0 spiro atoms. The molecule has 5 heteroatoms. The zero-order valence-corrected chi connectivity index (χ0v) is 9.61. The van der Waals surface area contributed by atoms with Crippen LogP contribution >= 0.6 is 0 Å². The first-order valence-electron chi connectivity index (χ1n) is 5.80. The lowest BCUT2D eigenvalue weighted by molar-refractivity contribution is -0.131. The van der Waals surface area contributed by atoms with Crippen LogP contribution in [0.1, 0.15) is 39.0 Å².